The van der Waals surface area contributed by atoms with Crippen LogP contribution >= 0.6 is 0 Å². The molecule has 1 unspecified atom stereocenters. The Balaban J connectivity index is 1.85. The van der Waals surface area contributed by atoms with Gasteiger partial charge >= 0.3 is 5.97 Å². The van der Waals surface area contributed by atoms with E-state index in [0.29, 0.717) is 13.1 Å². The van der Waals surface area contributed by atoms with Gasteiger partial charge in [-0.15, -0.1) is 0 Å². The van der Waals surface area contributed by atoms with Gasteiger partial charge in [0.15, 0.2) is 5.96 Å². The summed E-state index contributed by atoms with van der Waals surface area (Å²) in [5, 5.41) is 13.7. The molecule has 6 nitrogen and oxygen atoms in total. The molecule has 2 aliphatic rings. The summed E-state index contributed by atoms with van der Waals surface area (Å²) < 4.78 is 5.47. The molecule has 0 bridgehead atoms. The first-order valence-electron chi connectivity index (χ1n) is 8.63. The molecule has 0 amide bonds. The van der Waals surface area contributed by atoms with E-state index in [1.165, 1.54) is 0 Å². The molecule has 0 aromatic heterocycles. The fraction of sp³-hybridized carbons (Fsp3) is 0.882. The monoisotopic (exact) mass is 325 g/mol. The van der Waals surface area contributed by atoms with E-state index in [0.717, 1.165) is 44.6 Å². The molecular formula is C17H31N3O3. The summed E-state index contributed by atoms with van der Waals surface area (Å²) in [4.78, 5) is 18.6. The number of carbonyl (C=O) groups excluding carboxylic acids is 1. The van der Waals surface area contributed by atoms with Crippen molar-refractivity contribution in [3.05, 3.63) is 0 Å². The molecule has 1 heterocycles. The first kappa shape index (κ1) is 18.0. The van der Waals surface area contributed by atoms with Crippen LogP contribution in [-0.4, -0.2) is 59.8 Å². The van der Waals surface area contributed by atoms with Crippen molar-refractivity contribution in [3.8, 4) is 0 Å². The Kier molecular flexibility index (Phi) is 5.55. The molecule has 1 saturated heterocycles. The van der Waals surface area contributed by atoms with Crippen molar-refractivity contribution in [3.63, 3.8) is 0 Å². The molecule has 1 aliphatic carbocycles. The van der Waals surface area contributed by atoms with Crippen LogP contribution in [0.4, 0.5) is 0 Å². The molecule has 1 saturated carbocycles. The first-order chi connectivity index (χ1) is 10.7. The van der Waals surface area contributed by atoms with E-state index in [1.807, 2.05) is 20.8 Å². The molecule has 0 aromatic rings. The average Bonchev–Trinajstić information content (AvgIpc) is 3.07. The van der Waals surface area contributed by atoms with Gasteiger partial charge in [-0.25, -0.2) is 0 Å². The van der Waals surface area contributed by atoms with E-state index in [9.17, 15) is 9.90 Å². The first-order valence-corrected chi connectivity index (χ1v) is 8.63. The zero-order valence-electron chi connectivity index (χ0n) is 14.9. The maximum Gasteiger partial charge on any atom is 0.311 e. The number of esters is 1. The lowest BCUT2D eigenvalue weighted by atomic mass is 10.0. The van der Waals surface area contributed by atoms with Gasteiger partial charge in [0.25, 0.3) is 0 Å². The number of hydrogen-bond donors (Lipinski definition) is 2. The van der Waals surface area contributed by atoms with Crippen LogP contribution in [0.5, 0.6) is 0 Å². The highest BCUT2D eigenvalue weighted by molar-refractivity contribution is 5.82. The number of ether oxygens (including phenoxy) is 1. The summed E-state index contributed by atoms with van der Waals surface area (Å²) in [6.07, 6.45) is 4.64. The predicted molar refractivity (Wildman–Crippen MR) is 90.3 cm³/mol. The van der Waals surface area contributed by atoms with E-state index in [1.54, 1.807) is 7.05 Å². The lowest BCUT2D eigenvalue weighted by Gasteiger charge is -2.27. The summed E-state index contributed by atoms with van der Waals surface area (Å²) in [6, 6.07) is 0. The fourth-order valence-corrected chi connectivity index (χ4v) is 3.32. The third kappa shape index (κ3) is 5.09. The minimum atomic E-state index is -0.611. The van der Waals surface area contributed by atoms with Crippen molar-refractivity contribution in [2.75, 3.05) is 26.7 Å². The quantitative estimate of drug-likeness (QED) is 0.468. The second-order valence-electron chi connectivity index (χ2n) is 7.80. The predicted octanol–water partition coefficient (Wildman–Crippen LogP) is 1.53. The molecule has 0 spiro atoms. The van der Waals surface area contributed by atoms with Crippen LogP contribution in [0, 0.1) is 5.92 Å². The smallest absolute Gasteiger partial charge is 0.311 e. The van der Waals surface area contributed by atoms with Crippen LogP contribution in [0.1, 0.15) is 52.9 Å². The standard InChI is InChI=1S/C17H31N3O3/c1-16(2,3)23-14(21)13-7-10-20(11-13)15(18-4)19-12-17(22)8-5-6-9-17/h13,22H,5-12H2,1-4H3,(H,18,19). The zero-order valence-corrected chi connectivity index (χ0v) is 14.9. The van der Waals surface area contributed by atoms with Crippen molar-refractivity contribution < 1.29 is 14.6 Å². The summed E-state index contributed by atoms with van der Waals surface area (Å²) >= 11 is 0. The average molecular weight is 325 g/mol. The third-order valence-electron chi connectivity index (χ3n) is 4.55. The molecule has 1 aliphatic heterocycles. The van der Waals surface area contributed by atoms with Crippen LogP contribution in [0.25, 0.3) is 0 Å². The summed E-state index contributed by atoms with van der Waals surface area (Å²) in [7, 11) is 1.74. The van der Waals surface area contributed by atoms with Crippen molar-refractivity contribution in [1.82, 2.24) is 10.2 Å². The van der Waals surface area contributed by atoms with E-state index >= 15 is 0 Å². The Bertz CT molecular complexity index is 450. The lowest BCUT2D eigenvalue weighted by Crippen LogP contribution is -2.47. The lowest BCUT2D eigenvalue weighted by molar-refractivity contribution is -0.159. The fourth-order valence-electron chi connectivity index (χ4n) is 3.32. The molecule has 2 N–H and O–H groups in total. The van der Waals surface area contributed by atoms with Crippen LogP contribution in [0.15, 0.2) is 4.99 Å². The topological polar surface area (TPSA) is 74.2 Å². The number of guanidine groups is 1. The van der Waals surface area contributed by atoms with Crippen molar-refractivity contribution in [2.24, 2.45) is 10.9 Å². The number of nitrogens with one attached hydrogen (secondary N) is 1. The number of aliphatic hydroxyl groups is 1. The molecule has 23 heavy (non-hydrogen) atoms. The van der Waals surface area contributed by atoms with E-state index in [2.05, 4.69) is 15.2 Å². The largest absolute Gasteiger partial charge is 0.460 e. The van der Waals surface area contributed by atoms with Crippen LogP contribution < -0.4 is 5.32 Å². The van der Waals surface area contributed by atoms with Gasteiger partial charge in [0.05, 0.1) is 11.5 Å². The maximum absolute atomic E-state index is 12.2. The number of nitrogens with zero attached hydrogens (tertiary/aromatic N) is 2. The molecule has 0 radical (unpaired) electrons. The van der Waals surface area contributed by atoms with Crippen molar-refractivity contribution >= 4 is 11.9 Å². The molecule has 0 aromatic carbocycles. The molecule has 2 fully saturated rings. The molecule has 6 heteroatoms. The zero-order chi connectivity index (χ0) is 17.1. The molecule has 132 valence electrons. The maximum atomic E-state index is 12.2. The van der Waals surface area contributed by atoms with Crippen molar-refractivity contribution in [1.29, 1.82) is 0 Å². The Morgan fingerprint density at radius 3 is 2.61 bits per heavy atom. The van der Waals surface area contributed by atoms with Gasteiger partial charge in [-0.3, -0.25) is 9.79 Å². The highest BCUT2D eigenvalue weighted by Gasteiger charge is 2.35. The van der Waals surface area contributed by atoms with Crippen LogP contribution in [-0.2, 0) is 9.53 Å². The van der Waals surface area contributed by atoms with Gasteiger partial charge in [-0.05, 0) is 40.0 Å². The van der Waals surface area contributed by atoms with Gasteiger partial charge in [0.2, 0.25) is 0 Å². The number of likely N-dealkylation sites (tertiary alicyclic amines) is 1. The van der Waals surface area contributed by atoms with Gasteiger partial charge < -0.3 is 20.1 Å². The molecular weight excluding hydrogens is 294 g/mol. The normalized spacial score (nSPS) is 24.8. The summed E-state index contributed by atoms with van der Waals surface area (Å²) in [6.45, 7) is 7.59. The Morgan fingerprint density at radius 1 is 1.39 bits per heavy atom. The Morgan fingerprint density at radius 2 is 2.04 bits per heavy atom. The van der Waals surface area contributed by atoms with Crippen LogP contribution in [0.3, 0.4) is 0 Å². The van der Waals surface area contributed by atoms with Crippen LogP contribution in [0.2, 0.25) is 0 Å². The van der Waals surface area contributed by atoms with E-state index in [-0.39, 0.29) is 11.9 Å². The summed E-state index contributed by atoms with van der Waals surface area (Å²) in [5.41, 5.74) is -1.06. The summed E-state index contributed by atoms with van der Waals surface area (Å²) in [5.74, 6) is 0.517. The van der Waals surface area contributed by atoms with Gasteiger partial charge in [-0.2, -0.15) is 0 Å². The van der Waals surface area contributed by atoms with Crippen molar-refractivity contribution in [2.45, 2.75) is 64.1 Å². The van der Waals surface area contributed by atoms with E-state index in [4.69, 9.17) is 4.74 Å². The number of hydrogen-bond acceptors (Lipinski definition) is 4. The Labute approximate surface area is 139 Å². The number of carbonyl (C=O) groups is 1. The Hall–Kier alpha value is -1.30. The molecule has 2 rings (SSSR count). The minimum absolute atomic E-state index is 0.109. The number of aliphatic imine (C=N–C) groups is 1. The SMILES string of the molecule is CN=C(NCC1(O)CCCC1)N1CCC(C(=O)OC(C)(C)C)C1. The van der Waals surface area contributed by atoms with Gasteiger partial charge in [0, 0.05) is 26.7 Å². The molecule has 1 atom stereocenters. The van der Waals surface area contributed by atoms with Gasteiger partial charge in [-0.1, -0.05) is 12.8 Å². The highest BCUT2D eigenvalue weighted by atomic mass is 16.6. The third-order valence-corrected chi connectivity index (χ3v) is 4.55. The minimum Gasteiger partial charge on any atom is -0.460 e. The second kappa shape index (κ2) is 7.07. The van der Waals surface area contributed by atoms with Gasteiger partial charge in [0.1, 0.15) is 5.60 Å². The van der Waals surface area contributed by atoms with E-state index < -0.39 is 11.2 Å². The highest BCUT2D eigenvalue weighted by Crippen LogP contribution is 2.28. The number of rotatable bonds is 3. The second-order valence-corrected chi connectivity index (χ2v) is 7.80.